The second kappa shape index (κ2) is 4.74. The zero-order chi connectivity index (χ0) is 12.6. The van der Waals surface area contributed by atoms with Gasteiger partial charge in [0.2, 0.25) is 0 Å². The van der Waals surface area contributed by atoms with Crippen LogP contribution in [-0.2, 0) is 12.0 Å². The van der Waals surface area contributed by atoms with Crippen LogP contribution in [0.25, 0.3) is 0 Å². The molecule has 1 aliphatic rings. The van der Waals surface area contributed by atoms with Crippen molar-refractivity contribution in [3.63, 3.8) is 0 Å². The van der Waals surface area contributed by atoms with Crippen LogP contribution in [0, 0.1) is 5.92 Å². The summed E-state index contributed by atoms with van der Waals surface area (Å²) in [6.07, 6.45) is 0. The molecule has 0 aliphatic carbocycles. The van der Waals surface area contributed by atoms with Gasteiger partial charge in [-0.3, -0.25) is 4.90 Å². The maximum absolute atomic E-state index is 3.71. The number of halogens is 1. The monoisotopic (exact) mass is 295 g/mol. The van der Waals surface area contributed by atoms with Crippen molar-refractivity contribution in [2.24, 2.45) is 5.92 Å². The number of hydrogen-bond acceptors (Lipinski definition) is 1. The van der Waals surface area contributed by atoms with E-state index in [2.05, 4.69) is 66.7 Å². The van der Waals surface area contributed by atoms with Crippen molar-refractivity contribution >= 4 is 15.9 Å². The molecule has 0 saturated heterocycles. The van der Waals surface area contributed by atoms with E-state index in [0.29, 0.717) is 0 Å². The Hall–Kier alpha value is -0.340. The average Bonchev–Trinajstić information content (AvgIpc) is 2.13. The van der Waals surface area contributed by atoms with Gasteiger partial charge in [0.15, 0.2) is 0 Å². The molecule has 1 aliphatic heterocycles. The van der Waals surface area contributed by atoms with Crippen molar-refractivity contribution in [1.82, 2.24) is 4.90 Å². The topological polar surface area (TPSA) is 3.24 Å². The van der Waals surface area contributed by atoms with Crippen molar-refractivity contribution in [2.75, 3.05) is 13.1 Å². The third kappa shape index (κ3) is 2.74. The molecule has 0 atom stereocenters. The van der Waals surface area contributed by atoms with Gasteiger partial charge in [0, 0.05) is 29.5 Å². The highest BCUT2D eigenvalue weighted by Gasteiger charge is 2.33. The molecule has 0 unspecified atom stereocenters. The van der Waals surface area contributed by atoms with E-state index in [1.165, 1.54) is 22.1 Å². The number of rotatable bonds is 2. The van der Waals surface area contributed by atoms with Crippen LogP contribution in [0.4, 0.5) is 0 Å². The predicted octanol–water partition coefficient (Wildman–Crippen LogP) is 4.20. The Labute approximate surface area is 113 Å². The van der Waals surface area contributed by atoms with Crippen LogP contribution in [0.3, 0.4) is 0 Å². The maximum atomic E-state index is 3.71. The highest BCUT2D eigenvalue weighted by atomic mass is 79.9. The first-order valence-corrected chi connectivity index (χ1v) is 7.19. The lowest BCUT2D eigenvalue weighted by atomic mass is 9.78. The SMILES string of the molecule is CC(C)CN1Cc2cccc(Br)c2C(C)(C)C1. The minimum atomic E-state index is 0.239. The van der Waals surface area contributed by atoms with Gasteiger partial charge in [-0.2, -0.15) is 0 Å². The van der Waals surface area contributed by atoms with E-state index in [9.17, 15) is 0 Å². The van der Waals surface area contributed by atoms with Crippen molar-refractivity contribution in [2.45, 2.75) is 39.7 Å². The van der Waals surface area contributed by atoms with Crippen molar-refractivity contribution in [3.8, 4) is 0 Å². The van der Waals surface area contributed by atoms with E-state index in [4.69, 9.17) is 0 Å². The summed E-state index contributed by atoms with van der Waals surface area (Å²) in [5.41, 5.74) is 3.22. The van der Waals surface area contributed by atoms with Crippen LogP contribution in [0.15, 0.2) is 22.7 Å². The fourth-order valence-corrected chi connectivity index (χ4v) is 3.98. The van der Waals surface area contributed by atoms with Crippen LogP contribution < -0.4 is 0 Å². The summed E-state index contributed by atoms with van der Waals surface area (Å²) in [6.45, 7) is 12.7. The molecule has 1 nitrogen and oxygen atoms in total. The smallest absolute Gasteiger partial charge is 0.0237 e. The van der Waals surface area contributed by atoms with Crippen molar-refractivity contribution in [3.05, 3.63) is 33.8 Å². The summed E-state index contributed by atoms with van der Waals surface area (Å²) in [6, 6.07) is 6.59. The van der Waals surface area contributed by atoms with E-state index < -0.39 is 0 Å². The van der Waals surface area contributed by atoms with Crippen LogP contribution in [0.5, 0.6) is 0 Å². The third-order valence-electron chi connectivity index (χ3n) is 3.41. The number of fused-ring (bicyclic) bond motifs is 1. The second-order valence-electron chi connectivity index (χ2n) is 6.22. The maximum Gasteiger partial charge on any atom is 0.0237 e. The Morgan fingerprint density at radius 2 is 2.06 bits per heavy atom. The molecule has 94 valence electrons. The van der Waals surface area contributed by atoms with Gasteiger partial charge in [0.25, 0.3) is 0 Å². The van der Waals surface area contributed by atoms with Crippen LogP contribution in [-0.4, -0.2) is 18.0 Å². The Kier molecular flexibility index (Phi) is 3.65. The molecule has 0 saturated carbocycles. The summed E-state index contributed by atoms with van der Waals surface area (Å²) in [7, 11) is 0. The molecule has 2 heteroatoms. The van der Waals surface area contributed by atoms with Gasteiger partial charge in [-0.05, 0) is 23.1 Å². The van der Waals surface area contributed by atoms with Crippen molar-refractivity contribution < 1.29 is 0 Å². The molecule has 2 rings (SSSR count). The Morgan fingerprint density at radius 1 is 1.35 bits per heavy atom. The molecule has 1 aromatic carbocycles. The fraction of sp³-hybridized carbons (Fsp3) is 0.600. The molecule has 17 heavy (non-hydrogen) atoms. The fourth-order valence-electron chi connectivity index (χ4n) is 3.04. The van der Waals surface area contributed by atoms with E-state index in [0.717, 1.165) is 19.0 Å². The van der Waals surface area contributed by atoms with Gasteiger partial charge in [0.05, 0.1) is 0 Å². The summed E-state index contributed by atoms with van der Waals surface area (Å²) in [5, 5.41) is 0. The predicted molar refractivity (Wildman–Crippen MR) is 77.3 cm³/mol. The number of benzene rings is 1. The van der Waals surface area contributed by atoms with E-state index >= 15 is 0 Å². The lowest BCUT2D eigenvalue weighted by Crippen LogP contribution is -2.43. The minimum absolute atomic E-state index is 0.239. The van der Waals surface area contributed by atoms with Gasteiger partial charge in [-0.25, -0.2) is 0 Å². The molecule has 1 aromatic rings. The minimum Gasteiger partial charge on any atom is -0.298 e. The molecule has 0 radical (unpaired) electrons. The first-order chi connectivity index (χ1) is 7.90. The molecule has 0 fully saturated rings. The van der Waals surface area contributed by atoms with Crippen molar-refractivity contribution in [1.29, 1.82) is 0 Å². The molecule has 1 heterocycles. The summed E-state index contributed by atoms with van der Waals surface area (Å²) in [4.78, 5) is 2.58. The van der Waals surface area contributed by atoms with Crippen LogP contribution >= 0.6 is 15.9 Å². The molecule has 0 N–H and O–H groups in total. The summed E-state index contributed by atoms with van der Waals surface area (Å²) in [5.74, 6) is 0.736. The highest BCUT2D eigenvalue weighted by molar-refractivity contribution is 9.10. The Balaban J connectivity index is 2.34. The zero-order valence-corrected chi connectivity index (χ0v) is 12.8. The van der Waals surface area contributed by atoms with Gasteiger partial charge in [-0.1, -0.05) is 55.8 Å². The van der Waals surface area contributed by atoms with E-state index in [-0.39, 0.29) is 5.41 Å². The largest absolute Gasteiger partial charge is 0.298 e. The van der Waals surface area contributed by atoms with E-state index in [1.54, 1.807) is 0 Å². The summed E-state index contributed by atoms with van der Waals surface area (Å²) < 4.78 is 1.27. The zero-order valence-electron chi connectivity index (χ0n) is 11.3. The Bertz CT molecular complexity index is 409. The van der Waals surface area contributed by atoms with Gasteiger partial charge >= 0.3 is 0 Å². The highest BCUT2D eigenvalue weighted by Crippen LogP contribution is 2.38. The molecular formula is C15H22BrN. The van der Waals surface area contributed by atoms with Gasteiger partial charge in [-0.15, -0.1) is 0 Å². The lowest BCUT2D eigenvalue weighted by molar-refractivity contribution is 0.174. The van der Waals surface area contributed by atoms with Crippen LogP contribution in [0.1, 0.15) is 38.8 Å². The quantitative estimate of drug-likeness (QED) is 0.790. The third-order valence-corrected chi connectivity index (χ3v) is 4.07. The molecule has 0 amide bonds. The molecule has 0 spiro atoms. The molecular weight excluding hydrogens is 274 g/mol. The molecule has 0 bridgehead atoms. The number of hydrogen-bond donors (Lipinski definition) is 0. The van der Waals surface area contributed by atoms with Gasteiger partial charge in [0.1, 0.15) is 0 Å². The van der Waals surface area contributed by atoms with Gasteiger partial charge < -0.3 is 0 Å². The second-order valence-corrected chi connectivity index (χ2v) is 7.08. The lowest BCUT2D eigenvalue weighted by Gasteiger charge is -2.41. The van der Waals surface area contributed by atoms with Crippen LogP contribution in [0.2, 0.25) is 0 Å². The first-order valence-electron chi connectivity index (χ1n) is 6.40. The normalized spacial score (nSPS) is 19.4. The standard InChI is InChI=1S/C15H22BrN/c1-11(2)8-17-9-12-6-5-7-13(16)14(12)15(3,4)10-17/h5-7,11H,8-10H2,1-4H3. The summed E-state index contributed by atoms with van der Waals surface area (Å²) >= 11 is 3.71. The molecule has 0 aromatic heterocycles. The van der Waals surface area contributed by atoms with E-state index in [1.807, 2.05) is 0 Å². The average molecular weight is 296 g/mol. The number of nitrogens with zero attached hydrogens (tertiary/aromatic N) is 1. The first kappa shape index (κ1) is 13.1. The Morgan fingerprint density at radius 3 is 2.71 bits per heavy atom.